The molecule has 0 saturated carbocycles. The second-order valence-corrected chi connectivity index (χ2v) is 9.53. The molecule has 39 heavy (non-hydrogen) atoms. The van der Waals surface area contributed by atoms with Crippen LogP contribution in [-0.2, 0) is 16.6 Å². The van der Waals surface area contributed by atoms with Crippen LogP contribution in [0.15, 0.2) is 30.0 Å². The average molecular weight is 551 g/mol. The third-order valence-electron chi connectivity index (χ3n) is 6.69. The fourth-order valence-corrected chi connectivity index (χ4v) is 4.56. The lowest BCUT2D eigenvalue weighted by Crippen LogP contribution is -2.47. The number of hydrogen-bond donors (Lipinski definition) is 2. The van der Waals surface area contributed by atoms with E-state index in [1.165, 1.54) is 14.4 Å². The van der Waals surface area contributed by atoms with Gasteiger partial charge in [0.25, 0.3) is 5.91 Å². The summed E-state index contributed by atoms with van der Waals surface area (Å²) in [6.07, 6.45) is -1.52. The highest BCUT2D eigenvalue weighted by Crippen LogP contribution is 2.33. The topological polar surface area (TPSA) is 104 Å². The summed E-state index contributed by atoms with van der Waals surface area (Å²) in [5, 5.41) is 11.9. The summed E-state index contributed by atoms with van der Waals surface area (Å²) in [4.78, 5) is 39.9. The first-order valence-electron chi connectivity index (χ1n) is 12.4. The van der Waals surface area contributed by atoms with Crippen molar-refractivity contribution < 1.29 is 37.4 Å². The first kappa shape index (κ1) is 29.8. The second kappa shape index (κ2) is 12.4. The molecule has 1 aliphatic rings. The number of alkyl halides is 3. The lowest BCUT2D eigenvalue weighted by atomic mass is 10.0. The third-order valence-corrected chi connectivity index (χ3v) is 6.69. The van der Waals surface area contributed by atoms with Gasteiger partial charge in [-0.1, -0.05) is 17.7 Å². The van der Waals surface area contributed by atoms with Crippen LogP contribution in [0.2, 0.25) is 0 Å². The summed E-state index contributed by atoms with van der Waals surface area (Å²) in [5.74, 6) is -1.22. The molecule has 1 aromatic carbocycles. The van der Waals surface area contributed by atoms with Gasteiger partial charge in [0.05, 0.1) is 0 Å². The number of nitrogens with zero attached hydrogens (tertiary/aromatic N) is 3. The maximum atomic E-state index is 13.3. The number of likely N-dealkylation sites (tertiary alicyclic amines) is 1. The molecule has 3 rings (SSSR count). The summed E-state index contributed by atoms with van der Waals surface area (Å²) in [7, 11) is 1.54. The maximum Gasteiger partial charge on any atom is 0.422 e. The van der Waals surface area contributed by atoms with Gasteiger partial charge in [-0.05, 0) is 51.8 Å². The van der Waals surface area contributed by atoms with Crippen molar-refractivity contribution in [1.82, 2.24) is 14.8 Å². The molecular weight excluding hydrogens is 517 g/mol. The van der Waals surface area contributed by atoms with Gasteiger partial charge < -0.3 is 24.6 Å². The number of rotatable bonds is 9. The number of aliphatic hydroxyl groups is 1. The molecule has 12 heteroatoms. The van der Waals surface area contributed by atoms with Gasteiger partial charge in [-0.25, -0.2) is 0 Å². The average Bonchev–Trinajstić information content (AvgIpc) is 3.12. The quantitative estimate of drug-likeness (QED) is 0.467. The first-order valence-corrected chi connectivity index (χ1v) is 12.4. The maximum absolute atomic E-state index is 13.3. The van der Waals surface area contributed by atoms with E-state index in [2.05, 4.69) is 5.32 Å². The number of ether oxygens (including phenoxy) is 1. The van der Waals surface area contributed by atoms with Crippen molar-refractivity contribution >= 4 is 30.0 Å². The predicted octanol–water partition coefficient (Wildman–Crippen LogP) is 3.32. The van der Waals surface area contributed by atoms with Crippen molar-refractivity contribution in [1.29, 1.82) is 0 Å². The van der Waals surface area contributed by atoms with E-state index in [1.54, 1.807) is 39.1 Å². The second-order valence-electron chi connectivity index (χ2n) is 9.53. The van der Waals surface area contributed by atoms with E-state index >= 15 is 0 Å². The monoisotopic (exact) mass is 550 g/mol. The zero-order valence-electron chi connectivity index (χ0n) is 22.3. The largest absolute Gasteiger partial charge is 0.481 e. The fourth-order valence-electron chi connectivity index (χ4n) is 4.56. The Morgan fingerprint density at radius 1 is 1.18 bits per heavy atom. The van der Waals surface area contributed by atoms with Crippen molar-refractivity contribution in [2.45, 2.75) is 45.8 Å². The van der Waals surface area contributed by atoms with Crippen LogP contribution in [-0.4, -0.2) is 71.3 Å². The number of anilines is 1. The minimum Gasteiger partial charge on any atom is -0.481 e. The van der Waals surface area contributed by atoms with Gasteiger partial charge in [-0.2, -0.15) is 13.2 Å². The Hall–Kier alpha value is -3.80. The van der Waals surface area contributed by atoms with Crippen LogP contribution in [0.4, 0.5) is 18.9 Å². The molecule has 0 aliphatic carbocycles. The lowest BCUT2D eigenvalue weighted by molar-refractivity contribution is -0.153. The van der Waals surface area contributed by atoms with Crippen LogP contribution < -0.4 is 15.0 Å². The molecule has 0 bridgehead atoms. The van der Waals surface area contributed by atoms with Crippen LogP contribution >= 0.6 is 0 Å². The lowest BCUT2D eigenvalue weighted by Gasteiger charge is -2.32. The van der Waals surface area contributed by atoms with Gasteiger partial charge in [0, 0.05) is 48.8 Å². The van der Waals surface area contributed by atoms with Crippen molar-refractivity contribution in [2.24, 2.45) is 7.05 Å². The first-order chi connectivity index (χ1) is 18.4. The Balaban J connectivity index is 1.93. The van der Waals surface area contributed by atoms with Crippen LogP contribution in [0.3, 0.4) is 0 Å². The van der Waals surface area contributed by atoms with E-state index < -0.39 is 31.2 Å². The molecule has 0 atom stereocenters. The van der Waals surface area contributed by atoms with Crippen molar-refractivity contribution in [3.8, 4) is 5.75 Å². The van der Waals surface area contributed by atoms with Crippen LogP contribution in [0, 0.1) is 13.8 Å². The van der Waals surface area contributed by atoms with E-state index in [9.17, 15) is 27.6 Å². The zero-order valence-corrected chi connectivity index (χ0v) is 22.3. The molecule has 3 amide bonds. The number of aliphatic hydroxyl groups excluding tert-OH is 1. The van der Waals surface area contributed by atoms with Crippen molar-refractivity contribution in [3.05, 3.63) is 52.5 Å². The molecule has 0 spiro atoms. The molecule has 1 fully saturated rings. The Labute approximate surface area is 224 Å². The smallest absolute Gasteiger partial charge is 0.422 e. The van der Waals surface area contributed by atoms with Gasteiger partial charge in [0.1, 0.15) is 12.3 Å². The minimum atomic E-state index is -4.62. The molecule has 212 valence electrons. The predicted molar refractivity (Wildman–Crippen MR) is 139 cm³/mol. The summed E-state index contributed by atoms with van der Waals surface area (Å²) in [6, 6.07) is 6.92. The number of hydrogen-bond acceptors (Lipinski definition) is 5. The summed E-state index contributed by atoms with van der Waals surface area (Å²) in [5.41, 5.74) is 2.72. The number of aromatic nitrogens is 1. The number of amides is 3. The van der Waals surface area contributed by atoms with Crippen LogP contribution in [0.1, 0.15) is 47.1 Å². The molecular formula is C27H33F3N4O5. The third kappa shape index (κ3) is 7.20. The number of piperidine rings is 1. The summed E-state index contributed by atoms with van der Waals surface area (Å²) < 4.78 is 45.7. The van der Waals surface area contributed by atoms with E-state index in [4.69, 9.17) is 9.84 Å². The number of nitrogens with one attached hydrogen (secondary N) is 1. The number of halogens is 3. The van der Waals surface area contributed by atoms with Gasteiger partial charge in [-0.3, -0.25) is 19.3 Å². The van der Waals surface area contributed by atoms with Crippen LogP contribution in [0.5, 0.6) is 5.75 Å². The molecule has 1 saturated heterocycles. The summed E-state index contributed by atoms with van der Waals surface area (Å²) >= 11 is 0. The zero-order chi connectivity index (χ0) is 28.9. The summed E-state index contributed by atoms with van der Waals surface area (Å²) in [6.45, 7) is 3.64. The van der Waals surface area contributed by atoms with Crippen molar-refractivity contribution in [2.75, 3.05) is 31.2 Å². The van der Waals surface area contributed by atoms with Gasteiger partial charge >= 0.3 is 6.18 Å². The molecule has 2 heterocycles. The number of carbonyl (C=O) groups is 3. The molecule has 1 aromatic heterocycles. The Kier molecular flexibility index (Phi) is 9.44. The van der Waals surface area contributed by atoms with E-state index in [0.29, 0.717) is 55.0 Å². The SMILES string of the molecule is C/C(=C/c1c(C)c(OCC(F)(F)F)c(C(=O)NC2CCN(C(=O)CO)CC2)n1C)N(C=O)c1ccc(C)cc1. The minimum absolute atomic E-state index is 0.0855. The van der Waals surface area contributed by atoms with Crippen LogP contribution in [0.25, 0.3) is 6.08 Å². The molecule has 1 aliphatic heterocycles. The van der Waals surface area contributed by atoms with Gasteiger partial charge in [0.15, 0.2) is 12.4 Å². The van der Waals surface area contributed by atoms with E-state index in [1.807, 2.05) is 19.1 Å². The fraction of sp³-hybridized carbons (Fsp3) is 0.444. The van der Waals surface area contributed by atoms with Gasteiger partial charge in [0.2, 0.25) is 12.3 Å². The highest BCUT2D eigenvalue weighted by Gasteiger charge is 2.33. The molecule has 2 N–H and O–H groups in total. The highest BCUT2D eigenvalue weighted by atomic mass is 19.4. The molecule has 2 aromatic rings. The van der Waals surface area contributed by atoms with Gasteiger partial charge in [-0.15, -0.1) is 0 Å². The standard InChI is InChI=1S/C27H33F3N4O5/c1-17-5-7-21(8-6-17)34(16-36)18(2)13-22-19(3)25(39-15-27(28,29)30)24(32(22)4)26(38)31-20-9-11-33(12-10-20)23(37)14-35/h5-8,13,16,20,35H,9-12,14-15H2,1-4H3,(H,31,38)/b18-13-. The normalized spacial score (nSPS) is 14.8. The van der Waals surface area contributed by atoms with Crippen molar-refractivity contribution in [3.63, 3.8) is 0 Å². The number of benzene rings is 1. The highest BCUT2D eigenvalue weighted by molar-refractivity contribution is 5.97. The number of carbonyl (C=O) groups excluding carboxylic acids is 3. The molecule has 9 nitrogen and oxygen atoms in total. The Bertz CT molecular complexity index is 1230. The molecule has 0 unspecified atom stereocenters. The van der Waals surface area contributed by atoms with E-state index in [-0.39, 0.29) is 17.5 Å². The molecule has 0 radical (unpaired) electrons. The number of allylic oxidation sites excluding steroid dienone is 1. The number of aryl methyl sites for hydroxylation is 1. The van der Waals surface area contributed by atoms with E-state index in [0.717, 1.165) is 5.56 Å². The Morgan fingerprint density at radius 2 is 1.79 bits per heavy atom. The Morgan fingerprint density at radius 3 is 2.33 bits per heavy atom.